The fourth-order valence-electron chi connectivity index (χ4n) is 2.62. The lowest BCUT2D eigenvalue weighted by Gasteiger charge is -2.22. The molecule has 12 heteroatoms. The maximum atomic E-state index is 11.8. The monoisotopic (exact) mass is 623 g/mol. The summed E-state index contributed by atoms with van der Waals surface area (Å²) in [4.78, 5) is 23.3. The molecule has 0 aliphatic carbocycles. The van der Waals surface area contributed by atoms with Crippen LogP contribution in [0.3, 0.4) is 0 Å². The van der Waals surface area contributed by atoms with Crippen LogP contribution in [0, 0.1) is 17.8 Å². The third-order valence-corrected chi connectivity index (χ3v) is 7.70. The number of carbonyl (C=O) groups excluding carboxylic acids is 2. The molecule has 0 saturated carbocycles. The fraction of sp³-hybridized carbons (Fsp3) is 0.862. The minimum atomic E-state index is -0.443. The minimum Gasteiger partial charge on any atom is -0.450 e. The van der Waals surface area contributed by atoms with E-state index in [-0.39, 0.29) is 10.7 Å². The van der Waals surface area contributed by atoms with Crippen LogP contribution in [0.4, 0.5) is 9.59 Å². The van der Waals surface area contributed by atoms with E-state index in [0.29, 0.717) is 71.3 Å². The van der Waals surface area contributed by atoms with Gasteiger partial charge in [-0.05, 0) is 33.1 Å². The lowest BCUT2D eigenvalue weighted by molar-refractivity contribution is 0.0489. The van der Waals surface area contributed by atoms with Crippen LogP contribution in [0.5, 0.6) is 0 Å². The third kappa shape index (κ3) is 34.7. The van der Waals surface area contributed by atoms with E-state index in [1.54, 1.807) is 21.6 Å². The zero-order chi connectivity index (χ0) is 31.2. The van der Waals surface area contributed by atoms with E-state index in [9.17, 15) is 9.59 Å². The second kappa shape index (κ2) is 30.1. The summed E-state index contributed by atoms with van der Waals surface area (Å²) in [6.07, 6.45) is 1.39. The second-order valence-electron chi connectivity index (χ2n) is 9.81. The van der Waals surface area contributed by atoms with Crippen LogP contribution < -0.4 is 16.0 Å². The first-order valence-corrected chi connectivity index (χ1v) is 17.0. The van der Waals surface area contributed by atoms with Gasteiger partial charge in [0.15, 0.2) is 0 Å². The summed E-state index contributed by atoms with van der Waals surface area (Å²) >= 11 is 0. The van der Waals surface area contributed by atoms with Gasteiger partial charge >= 0.3 is 12.2 Å². The van der Waals surface area contributed by atoms with Crippen LogP contribution in [0.25, 0.3) is 0 Å². The maximum absolute atomic E-state index is 11.8. The van der Waals surface area contributed by atoms with E-state index in [0.717, 1.165) is 25.8 Å². The highest BCUT2D eigenvalue weighted by molar-refractivity contribution is 8.77. The Labute approximate surface area is 257 Å². The first-order chi connectivity index (χ1) is 19.6. The van der Waals surface area contributed by atoms with Crippen LogP contribution in [0.2, 0.25) is 0 Å². The number of carbonyl (C=O) groups is 2. The molecule has 2 amide bonds. The SMILES string of the molecule is CC.CC(C)C#CCNC(=O)OCCCCOCSSC(C)(C)CCOC(=O)NCCOCCOCCNC(C)C. The van der Waals surface area contributed by atoms with Crippen molar-refractivity contribution < 1.29 is 33.3 Å². The fourth-order valence-corrected chi connectivity index (χ4v) is 4.89. The molecule has 10 nitrogen and oxygen atoms in total. The molecule has 0 fully saturated rings. The van der Waals surface area contributed by atoms with Crippen molar-refractivity contribution in [2.24, 2.45) is 5.92 Å². The Morgan fingerprint density at radius 1 is 0.780 bits per heavy atom. The Morgan fingerprint density at radius 3 is 2.05 bits per heavy atom. The molecule has 242 valence electrons. The molecule has 0 aromatic heterocycles. The van der Waals surface area contributed by atoms with Crippen LogP contribution in [0.15, 0.2) is 0 Å². The minimum absolute atomic E-state index is 0.0666. The summed E-state index contributed by atoms with van der Waals surface area (Å²) in [5, 5.41) is 8.57. The molecule has 0 aromatic carbocycles. The van der Waals surface area contributed by atoms with E-state index in [4.69, 9.17) is 23.7 Å². The number of unbranched alkanes of at least 4 members (excludes halogenated alkanes) is 1. The van der Waals surface area contributed by atoms with Gasteiger partial charge in [0.2, 0.25) is 0 Å². The predicted molar refractivity (Wildman–Crippen MR) is 171 cm³/mol. The van der Waals surface area contributed by atoms with Gasteiger partial charge in [0.25, 0.3) is 0 Å². The largest absolute Gasteiger partial charge is 0.450 e. The van der Waals surface area contributed by atoms with E-state index >= 15 is 0 Å². The summed E-state index contributed by atoms with van der Waals surface area (Å²) in [7, 11) is 3.33. The first-order valence-electron chi connectivity index (χ1n) is 14.7. The van der Waals surface area contributed by atoms with Gasteiger partial charge in [-0.25, -0.2) is 9.59 Å². The van der Waals surface area contributed by atoms with Crippen molar-refractivity contribution in [3.8, 4) is 11.8 Å². The average Bonchev–Trinajstić information content (AvgIpc) is 2.92. The molecule has 0 saturated heterocycles. The van der Waals surface area contributed by atoms with Crippen LogP contribution in [-0.4, -0.2) is 94.8 Å². The van der Waals surface area contributed by atoms with Gasteiger partial charge in [0.1, 0.15) is 5.94 Å². The van der Waals surface area contributed by atoms with Crippen LogP contribution >= 0.6 is 21.6 Å². The van der Waals surface area contributed by atoms with Gasteiger partial charge in [0.05, 0.1) is 46.2 Å². The van der Waals surface area contributed by atoms with Crippen molar-refractivity contribution >= 4 is 33.8 Å². The topological polar surface area (TPSA) is 116 Å². The highest BCUT2D eigenvalue weighted by Gasteiger charge is 2.19. The predicted octanol–water partition coefficient (Wildman–Crippen LogP) is 5.46. The highest BCUT2D eigenvalue weighted by atomic mass is 33.1. The quantitative estimate of drug-likeness (QED) is 0.0586. The van der Waals surface area contributed by atoms with Gasteiger partial charge in [-0.1, -0.05) is 75.0 Å². The number of nitrogens with one attached hydrogen (secondary N) is 3. The van der Waals surface area contributed by atoms with Gasteiger partial charge in [0, 0.05) is 36.4 Å². The zero-order valence-electron chi connectivity index (χ0n) is 26.7. The first kappa shape index (κ1) is 41.8. The van der Waals surface area contributed by atoms with Crippen molar-refractivity contribution in [2.45, 2.75) is 85.4 Å². The molecule has 0 heterocycles. The van der Waals surface area contributed by atoms with Gasteiger partial charge in [-0.3, -0.25) is 0 Å². The molecule has 0 radical (unpaired) electrons. The van der Waals surface area contributed by atoms with E-state index in [1.165, 1.54) is 0 Å². The second-order valence-corrected chi connectivity index (χ2v) is 12.8. The smallest absolute Gasteiger partial charge is 0.407 e. The van der Waals surface area contributed by atoms with E-state index in [2.05, 4.69) is 55.5 Å². The lowest BCUT2D eigenvalue weighted by atomic mass is 10.1. The number of rotatable bonds is 23. The van der Waals surface area contributed by atoms with E-state index < -0.39 is 12.2 Å². The normalized spacial score (nSPS) is 10.9. The molecule has 0 spiro atoms. The number of alkyl carbamates (subject to hydrolysis) is 2. The summed E-state index contributed by atoms with van der Waals surface area (Å²) in [5.41, 5.74) is 0. The standard InChI is InChI=1S/C27H51N3O7S2.C2H6/c1-23(2)10-9-12-29-25(31)36-16-8-7-15-35-22-38-39-27(5,6)11-17-37-26(32)30-14-19-34-21-20-33-18-13-28-24(3)4;1-2/h23-24,28H,7-8,11-22H2,1-6H3,(H,29,31)(H,30,32);1-2H3. The Balaban J connectivity index is 0. The van der Waals surface area contributed by atoms with Gasteiger partial charge in [-0.2, -0.15) is 0 Å². The third-order valence-electron chi connectivity index (χ3n) is 4.67. The Hall–Kier alpha value is -1.36. The van der Waals surface area contributed by atoms with Crippen molar-refractivity contribution in [3.63, 3.8) is 0 Å². The molecule has 0 aliphatic heterocycles. The van der Waals surface area contributed by atoms with Crippen molar-refractivity contribution in [1.29, 1.82) is 0 Å². The summed E-state index contributed by atoms with van der Waals surface area (Å²) in [5.74, 6) is 6.69. The molecule has 0 aromatic rings. The van der Waals surface area contributed by atoms with Crippen molar-refractivity contribution in [1.82, 2.24) is 16.0 Å². The average molecular weight is 624 g/mol. The highest BCUT2D eigenvalue weighted by Crippen LogP contribution is 2.37. The molecule has 0 aliphatic rings. The van der Waals surface area contributed by atoms with Crippen LogP contribution in [-0.2, 0) is 23.7 Å². The van der Waals surface area contributed by atoms with Gasteiger partial charge < -0.3 is 39.6 Å². The molecular weight excluding hydrogens is 566 g/mol. The lowest BCUT2D eigenvalue weighted by Crippen LogP contribution is -2.30. The Morgan fingerprint density at radius 2 is 1.39 bits per heavy atom. The molecule has 0 atom stereocenters. The Kier molecular flexibility index (Phi) is 30.7. The molecule has 0 rings (SSSR count). The summed E-state index contributed by atoms with van der Waals surface area (Å²) in [6.45, 7) is 21.3. The van der Waals surface area contributed by atoms with Gasteiger partial charge in [-0.15, -0.1) is 0 Å². The molecular formula is C29H57N3O7S2. The molecule has 3 N–H and O–H groups in total. The number of amides is 2. The maximum Gasteiger partial charge on any atom is 0.407 e. The summed E-state index contributed by atoms with van der Waals surface area (Å²) in [6, 6.07) is 0.455. The van der Waals surface area contributed by atoms with Crippen molar-refractivity contribution in [3.05, 3.63) is 0 Å². The van der Waals surface area contributed by atoms with Crippen molar-refractivity contribution in [2.75, 3.05) is 71.8 Å². The molecule has 41 heavy (non-hydrogen) atoms. The molecule has 0 bridgehead atoms. The zero-order valence-corrected chi connectivity index (χ0v) is 28.4. The summed E-state index contributed by atoms with van der Waals surface area (Å²) < 4.78 is 26.8. The van der Waals surface area contributed by atoms with E-state index in [1.807, 2.05) is 27.7 Å². The number of ether oxygens (including phenoxy) is 5. The molecule has 0 unspecified atom stereocenters. The number of hydrogen-bond donors (Lipinski definition) is 3. The number of hydrogen-bond acceptors (Lipinski definition) is 10. The Bertz CT molecular complexity index is 687. The van der Waals surface area contributed by atoms with Crippen LogP contribution in [0.1, 0.15) is 74.7 Å².